The second-order valence-electron chi connectivity index (χ2n) is 5.26. The minimum absolute atomic E-state index is 0.0802. The summed E-state index contributed by atoms with van der Waals surface area (Å²) in [7, 11) is 1.56. The highest BCUT2D eigenvalue weighted by Gasteiger charge is 2.12. The summed E-state index contributed by atoms with van der Waals surface area (Å²) in [5.41, 5.74) is 1.46. The maximum absolute atomic E-state index is 12.0. The second kappa shape index (κ2) is 8.49. The molecule has 0 fully saturated rings. The van der Waals surface area contributed by atoms with Gasteiger partial charge in [0.2, 0.25) is 5.91 Å². The van der Waals surface area contributed by atoms with Crippen LogP contribution in [0.1, 0.15) is 28.9 Å². The van der Waals surface area contributed by atoms with Gasteiger partial charge in [0.05, 0.1) is 19.7 Å². The van der Waals surface area contributed by atoms with Crippen molar-refractivity contribution in [1.82, 2.24) is 10.6 Å². The molecule has 0 saturated carbocycles. The molecule has 0 heterocycles. The van der Waals surface area contributed by atoms with Gasteiger partial charge in [-0.3, -0.25) is 9.59 Å². The third kappa shape index (κ3) is 5.09. The van der Waals surface area contributed by atoms with E-state index in [1.807, 2.05) is 31.2 Å². The molecule has 2 N–H and O–H groups in total. The molecule has 2 amide bonds. The number of halogens is 1. The molecule has 1 atom stereocenters. The van der Waals surface area contributed by atoms with Crippen LogP contribution in [-0.4, -0.2) is 25.5 Å². The van der Waals surface area contributed by atoms with Crippen molar-refractivity contribution in [2.75, 3.05) is 13.7 Å². The lowest BCUT2D eigenvalue weighted by molar-refractivity contribution is -0.120. The topological polar surface area (TPSA) is 67.4 Å². The van der Waals surface area contributed by atoms with Crippen LogP contribution in [0.3, 0.4) is 0 Å². The molecule has 2 aromatic carbocycles. The molecule has 0 aromatic heterocycles. The molecule has 1 unspecified atom stereocenters. The highest BCUT2D eigenvalue weighted by atomic mass is 79.9. The summed E-state index contributed by atoms with van der Waals surface area (Å²) in [5.74, 6) is 0.124. The number of methoxy groups -OCH3 is 1. The fourth-order valence-electron chi connectivity index (χ4n) is 2.16. The van der Waals surface area contributed by atoms with Crippen molar-refractivity contribution >= 4 is 27.7 Å². The van der Waals surface area contributed by atoms with E-state index in [1.54, 1.807) is 31.4 Å². The Labute approximate surface area is 149 Å². The molecular formula is C18H19BrN2O3. The lowest BCUT2D eigenvalue weighted by Crippen LogP contribution is -2.38. The molecule has 126 valence electrons. The number of amides is 2. The molecule has 2 rings (SSSR count). The summed E-state index contributed by atoms with van der Waals surface area (Å²) < 4.78 is 5.99. The number of hydrogen-bond donors (Lipinski definition) is 2. The minimum Gasteiger partial charge on any atom is -0.497 e. The molecule has 6 heteroatoms. The fourth-order valence-corrected chi connectivity index (χ4v) is 2.57. The maximum atomic E-state index is 12.0. The summed E-state index contributed by atoms with van der Waals surface area (Å²) in [6.45, 7) is 1.81. The molecular weight excluding hydrogens is 372 g/mol. The standard InChI is InChI=1S/C18H19BrN2O3/c1-12(14-4-3-5-15(19)10-14)21-17(22)11-20-18(23)13-6-8-16(24-2)9-7-13/h3-10,12H,11H2,1-2H3,(H,20,23)(H,21,22). The van der Waals surface area contributed by atoms with Crippen LogP contribution < -0.4 is 15.4 Å². The van der Waals surface area contributed by atoms with E-state index in [4.69, 9.17) is 4.74 Å². The van der Waals surface area contributed by atoms with E-state index in [-0.39, 0.29) is 24.4 Å². The Balaban J connectivity index is 1.84. The van der Waals surface area contributed by atoms with Gasteiger partial charge in [0.25, 0.3) is 5.91 Å². The van der Waals surface area contributed by atoms with Gasteiger partial charge in [0, 0.05) is 10.0 Å². The lowest BCUT2D eigenvalue weighted by Gasteiger charge is -2.15. The van der Waals surface area contributed by atoms with Crippen LogP contribution in [0.25, 0.3) is 0 Å². The van der Waals surface area contributed by atoms with E-state index in [0.29, 0.717) is 11.3 Å². The van der Waals surface area contributed by atoms with Crippen molar-refractivity contribution in [3.63, 3.8) is 0 Å². The zero-order valence-electron chi connectivity index (χ0n) is 13.5. The summed E-state index contributed by atoms with van der Waals surface area (Å²) in [6.07, 6.45) is 0. The van der Waals surface area contributed by atoms with Crippen molar-refractivity contribution in [1.29, 1.82) is 0 Å². The zero-order valence-corrected chi connectivity index (χ0v) is 15.1. The maximum Gasteiger partial charge on any atom is 0.251 e. The summed E-state index contributed by atoms with van der Waals surface area (Å²) in [4.78, 5) is 24.0. The number of benzene rings is 2. The first-order valence-corrected chi connectivity index (χ1v) is 8.26. The zero-order chi connectivity index (χ0) is 17.5. The van der Waals surface area contributed by atoms with Crippen LogP contribution in [-0.2, 0) is 4.79 Å². The molecule has 5 nitrogen and oxygen atoms in total. The monoisotopic (exact) mass is 390 g/mol. The summed E-state index contributed by atoms with van der Waals surface area (Å²) >= 11 is 3.40. The number of rotatable bonds is 6. The Morgan fingerprint density at radius 2 is 1.88 bits per heavy atom. The number of carbonyl (C=O) groups excluding carboxylic acids is 2. The van der Waals surface area contributed by atoms with E-state index in [9.17, 15) is 9.59 Å². The van der Waals surface area contributed by atoms with Gasteiger partial charge in [-0.15, -0.1) is 0 Å². The molecule has 0 aliphatic rings. The molecule has 0 radical (unpaired) electrons. The van der Waals surface area contributed by atoms with Gasteiger partial charge < -0.3 is 15.4 Å². The third-order valence-electron chi connectivity index (χ3n) is 3.49. The Hall–Kier alpha value is -2.34. The molecule has 0 saturated heterocycles. The molecule has 0 aliphatic carbocycles. The Bertz CT molecular complexity index is 716. The molecule has 2 aromatic rings. The highest BCUT2D eigenvalue weighted by Crippen LogP contribution is 2.17. The lowest BCUT2D eigenvalue weighted by atomic mass is 10.1. The third-order valence-corrected chi connectivity index (χ3v) is 3.98. The predicted molar refractivity (Wildman–Crippen MR) is 96.0 cm³/mol. The van der Waals surface area contributed by atoms with Gasteiger partial charge in [0.1, 0.15) is 5.75 Å². The van der Waals surface area contributed by atoms with Gasteiger partial charge in [-0.25, -0.2) is 0 Å². The SMILES string of the molecule is COc1ccc(C(=O)NCC(=O)NC(C)c2cccc(Br)c2)cc1. The quantitative estimate of drug-likeness (QED) is 0.796. The van der Waals surface area contributed by atoms with Gasteiger partial charge in [-0.2, -0.15) is 0 Å². The van der Waals surface area contributed by atoms with Crippen LogP contribution in [0.5, 0.6) is 5.75 Å². The van der Waals surface area contributed by atoms with Gasteiger partial charge in [0.15, 0.2) is 0 Å². The van der Waals surface area contributed by atoms with Crippen molar-refractivity contribution in [2.45, 2.75) is 13.0 Å². The average molecular weight is 391 g/mol. The van der Waals surface area contributed by atoms with Gasteiger partial charge >= 0.3 is 0 Å². The van der Waals surface area contributed by atoms with Crippen LogP contribution >= 0.6 is 15.9 Å². The Morgan fingerprint density at radius 3 is 2.50 bits per heavy atom. The minimum atomic E-state index is -0.303. The predicted octanol–water partition coefficient (Wildman–Crippen LogP) is 3.06. The highest BCUT2D eigenvalue weighted by molar-refractivity contribution is 9.10. The normalized spacial score (nSPS) is 11.5. The largest absolute Gasteiger partial charge is 0.497 e. The van der Waals surface area contributed by atoms with Crippen molar-refractivity contribution in [3.05, 3.63) is 64.1 Å². The number of hydrogen-bond acceptors (Lipinski definition) is 3. The first-order valence-electron chi connectivity index (χ1n) is 7.46. The smallest absolute Gasteiger partial charge is 0.251 e. The van der Waals surface area contributed by atoms with E-state index < -0.39 is 0 Å². The Kier molecular flexibility index (Phi) is 6.37. The number of nitrogens with one attached hydrogen (secondary N) is 2. The van der Waals surface area contributed by atoms with Gasteiger partial charge in [-0.05, 0) is 48.9 Å². The van der Waals surface area contributed by atoms with E-state index in [1.165, 1.54) is 0 Å². The summed E-state index contributed by atoms with van der Waals surface area (Å²) in [6, 6.07) is 14.3. The van der Waals surface area contributed by atoms with E-state index in [2.05, 4.69) is 26.6 Å². The fraction of sp³-hybridized carbons (Fsp3) is 0.222. The van der Waals surface area contributed by atoms with Crippen molar-refractivity contribution < 1.29 is 14.3 Å². The van der Waals surface area contributed by atoms with Crippen LogP contribution in [0, 0.1) is 0 Å². The molecule has 24 heavy (non-hydrogen) atoms. The summed E-state index contributed by atoms with van der Waals surface area (Å²) in [5, 5.41) is 5.46. The second-order valence-corrected chi connectivity index (χ2v) is 6.17. The first-order chi connectivity index (χ1) is 11.5. The Morgan fingerprint density at radius 1 is 1.17 bits per heavy atom. The van der Waals surface area contributed by atoms with Gasteiger partial charge in [-0.1, -0.05) is 28.1 Å². The molecule has 0 aliphatic heterocycles. The molecule has 0 bridgehead atoms. The average Bonchev–Trinajstić information content (AvgIpc) is 2.59. The van der Waals surface area contributed by atoms with Crippen LogP contribution in [0.2, 0.25) is 0 Å². The number of carbonyl (C=O) groups is 2. The van der Waals surface area contributed by atoms with Crippen LogP contribution in [0.15, 0.2) is 53.0 Å². The van der Waals surface area contributed by atoms with E-state index in [0.717, 1.165) is 10.0 Å². The van der Waals surface area contributed by atoms with Crippen LogP contribution in [0.4, 0.5) is 0 Å². The van der Waals surface area contributed by atoms with Crippen molar-refractivity contribution in [2.24, 2.45) is 0 Å². The molecule has 0 spiro atoms. The first kappa shape index (κ1) is 18.0. The number of ether oxygens (including phenoxy) is 1. The van der Waals surface area contributed by atoms with E-state index >= 15 is 0 Å². The van der Waals surface area contributed by atoms with Crippen molar-refractivity contribution in [3.8, 4) is 5.75 Å².